The lowest BCUT2D eigenvalue weighted by atomic mass is 9.98. The summed E-state index contributed by atoms with van der Waals surface area (Å²) in [6.07, 6.45) is 6.60. The molecular formula is C19H20N4O2. The van der Waals surface area contributed by atoms with E-state index in [9.17, 15) is 4.79 Å². The quantitative estimate of drug-likeness (QED) is 0.777. The molecule has 25 heavy (non-hydrogen) atoms. The molecule has 3 aromatic rings. The zero-order valence-electron chi connectivity index (χ0n) is 13.9. The van der Waals surface area contributed by atoms with Gasteiger partial charge >= 0.3 is 0 Å². The molecule has 2 heterocycles. The Morgan fingerprint density at radius 1 is 1.20 bits per heavy atom. The first-order valence-electron chi connectivity index (χ1n) is 8.65. The van der Waals surface area contributed by atoms with Crippen molar-refractivity contribution in [2.24, 2.45) is 0 Å². The highest BCUT2D eigenvalue weighted by Gasteiger charge is 2.16. The van der Waals surface area contributed by atoms with Crippen LogP contribution in [0.1, 0.15) is 34.6 Å². The summed E-state index contributed by atoms with van der Waals surface area (Å²) in [6.45, 7) is 1.19. The minimum atomic E-state index is -0.230. The fourth-order valence-corrected chi connectivity index (χ4v) is 3.23. The summed E-state index contributed by atoms with van der Waals surface area (Å²) in [5.74, 6) is 0.360. The minimum Gasteiger partial charge on any atom is -0.355 e. The van der Waals surface area contributed by atoms with Crippen LogP contribution < -0.4 is 5.32 Å². The number of hydrogen-bond acceptors (Lipinski definition) is 4. The molecule has 0 aliphatic heterocycles. The van der Waals surface area contributed by atoms with Gasteiger partial charge in [-0.3, -0.25) is 9.48 Å². The van der Waals surface area contributed by atoms with E-state index in [1.165, 1.54) is 24.1 Å². The number of carbonyl (C=O) groups is 1. The maximum Gasteiger partial charge on any atom is 0.273 e. The number of carbonyl (C=O) groups excluding carboxylic acids is 1. The zero-order valence-corrected chi connectivity index (χ0v) is 13.9. The van der Waals surface area contributed by atoms with Gasteiger partial charge in [0.05, 0.1) is 12.7 Å². The van der Waals surface area contributed by atoms with E-state index in [1.54, 1.807) is 6.07 Å². The normalized spacial score (nSPS) is 13.4. The number of nitrogens with one attached hydrogen (secondary N) is 1. The third-order valence-corrected chi connectivity index (χ3v) is 4.56. The summed E-state index contributed by atoms with van der Waals surface area (Å²) in [4.78, 5) is 12.2. The van der Waals surface area contributed by atoms with Crippen LogP contribution in [0.5, 0.6) is 0 Å². The Morgan fingerprint density at radius 2 is 2.04 bits per heavy atom. The van der Waals surface area contributed by atoms with Gasteiger partial charge < -0.3 is 9.84 Å². The van der Waals surface area contributed by atoms with Gasteiger partial charge in [-0.05, 0) is 31.2 Å². The van der Waals surface area contributed by atoms with Gasteiger partial charge in [-0.1, -0.05) is 35.5 Å². The molecule has 0 bridgehead atoms. The minimum absolute atomic E-state index is 0.230. The second kappa shape index (κ2) is 6.93. The van der Waals surface area contributed by atoms with Crippen molar-refractivity contribution in [3.8, 4) is 11.3 Å². The fraction of sp³-hybridized carbons (Fsp3) is 0.316. The van der Waals surface area contributed by atoms with E-state index in [0.29, 0.717) is 24.5 Å². The highest BCUT2D eigenvalue weighted by atomic mass is 16.5. The lowest BCUT2D eigenvalue weighted by Gasteiger charge is -2.13. The van der Waals surface area contributed by atoms with Gasteiger partial charge in [0.25, 0.3) is 5.91 Å². The van der Waals surface area contributed by atoms with E-state index < -0.39 is 0 Å². The van der Waals surface area contributed by atoms with Crippen molar-refractivity contribution in [2.45, 2.75) is 32.2 Å². The Balaban J connectivity index is 1.35. The van der Waals surface area contributed by atoms with Gasteiger partial charge in [-0.25, -0.2) is 0 Å². The summed E-state index contributed by atoms with van der Waals surface area (Å²) in [7, 11) is 0. The van der Waals surface area contributed by atoms with Crippen molar-refractivity contribution in [1.82, 2.24) is 20.3 Å². The molecular weight excluding hydrogens is 316 g/mol. The first kappa shape index (κ1) is 15.6. The van der Waals surface area contributed by atoms with Crippen molar-refractivity contribution in [3.63, 3.8) is 0 Å². The molecule has 0 fully saturated rings. The summed E-state index contributed by atoms with van der Waals surface area (Å²) in [6, 6.07) is 11.3. The Labute approximate surface area is 145 Å². The van der Waals surface area contributed by atoms with Crippen molar-refractivity contribution >= 4 is 5.91 Å². The number of aromatic nitrogens is 3. The highest BCUT2D eigenvalue weighted by molar-refractivity contribution is 5.93. The second-order valence-corrected chi connectivity index (χ2v) is 6.25. The van der Waals surface area contributed by atoms with Gasteiger partial charge in [0.15, 0.2) is 11.5 Å². The van der Waals surface area contributed by atoms with E-state index in [0.717, 1.165) is 18.4 Å². The van der Waals surface area contributed by atoms with Gasteiger partial charge in [0.2, 0.25) is 0 Å². The van der Waals surface area contributed by atoms with Crippen LogP contribution in [0.3, 0.4) is 0 Å². The molecule has 6 nitrogen and oxygen atoms in total. The predicted octanol–water partition coefficient (Wildman–Crippen LogP) is 2.85. The molecule has 4 rings (SSSR count). The number of amides is 1. The summed E-state index contributed by atoms with van der Waals surface area (Å²) in [5.41, 5.74) is 3.86. The van der Waals surface area contributed by atoms with Gasteiger partial charge in [0.1, 0.15) is 0 Å². The number of nitrogens with zero attached hydrogens (tertiary/aromatic N) is 3. The van der Waals surface area contributed by atoms with Crippen LogP contribution in [0.4, 0.5) is 0 Å². The van der Waals surface area contributed by atoms with E-state index in [1.807, 2.05) is 41.2 Å². The van der Waals surface area contributed by atoms with Crippen LogP contribution in [0, 0.1) is 0 Å². The molecule has 0 saturated heterocycles. The number of fused-ring (bicyclic) bond motifs is 1. The van der Waals surface area contributed by atoms with Gasteiger partial charge in [0, 0.05) is 23.9 Å². The lowest BCUT2D eigenvalue weighted by molar-refractivity contribution is 0.0943. The topological polar surface area (TPSA) is 73.0 Å². The van der Waals surface area contributed by atoms with Crippen molar-refractivity contribution < 1.29 is 9.32 Å². The molecule has 0 radical (unpaired) electrons. The van der Waals surface area contributed by atoms with Gasteiger partial charge in [-0.15, -0.1) is 0 Å². The Bertz CT molecular complexity index is 867. The number of aryl methyl sites for hydroxylation is 1. The van der Waals surface area contributed by atoms with Crippen molar-refractivity contribution in [2.75, 3.05) is 6.54 Å². The molecule has 6 heteroatoms. The maximum atomic E-state index is 12.2. The van der Waals surface area contributed by atoms with Gasteiger partial charge in [-0.2, -0.15) is 5.10 Å². The average Bonchev–Trinajstić information content (AvgIpc) is 3.30. The molecule has 1 N–H and O–H groups in total. The fourth-order valence-electron chi connectivity index (χ4n) is 3.23. The predicted molar refractivity (Wildman–Crippen MR) is 93.1 cm³/mol. The number of hydrogen-bond donors (Lipinski definition) is 1. The first-order chi connectivity index (χ1) is 12.3. The maximum absolute atomic E-state index is 12.2. The van der Waals surface area contributed by atoms with E-state index in [-0.39, 0.29) is 5.91 Å². The smallest absolute Gasteiger partial charge is 0.273 e. The van der Waals surface area contributed by atoms with E-state index in [4.69, 9.17) is 4.52 Å². The Kier molecular flexibility index (Phi) is 4.33. The molecule has 1 aliphatic rings. The monoisotopic (exact) mass is 336 g/mol. The van der Waals surface area contributed by atoms with Crippen LogP contribution in [0.2, 0.25) is 0 Å². The summed E-state index contributed by atoms with van der Waals surface area (Å²) >= 11 is 0. The van der Waals surface area contributed by atoms with Crippen molar-refractivity contribution in [3.05, 3.63) is 59.5 Å². The molecule has 128 valence electrons. The highest BCUT2D eigenvalue weighted by Crippen LogP contribution is 2.21. The molecule has 2 aromatic heterocycles. The van der Waals surface area contributed by atoms with Crippen LogP contribution in [-0.4, -0.2) is 27.4 Å². The summed E-state index contributed by atoms with van der Waals surface area (Å²) in [5, 5.41) is 11.2. The van der Waals surface area contributed by atoms with E-state index >= 15 is 0 Å². The van der Waals surface area contributed by atoms with Crippen molar-refractivity contribution in [1.29, 1.82) is 0 Å². The summed E-state index contributed by atoms with van der Waals surface area (Å²) < 4.78 is 7.28. The molecule has 0 spiro atoms. The largest absolute Gasteiger partial charge is 0.355 e. The van der Waals surface area contributed by atoms with Crippen LogP contribution in [0.15, 0.2) is 47.1 Å². The molecule has 1 amide bonds. The average molecular weight is 336 g/mol. The third kappa shape index (κ3) is 3.33. The molecule has 1 aliphatic carbocycles. The Hall–Kier alpha value is -2.89. The first-order valence-corrected chi connectivity index (χ1v) is 8.65. The molecule has 1 aromatic carbocycles. The van der Waals surface area contributed by atoms with E-state index in [2.05, 4.69) is 15.6 Å². The molecule has 0 atom stereocenters. The SMILES string of the molecule is O=C(NCCn1ncc2c1CCCC2)c1cc(-c2ccccc2)on1. The Morgan fingerprint density at radius 3 is 2.92 bits per heavy atom. The molecule has 0 unspecified atom stereocenters. The number of benzene rings is 1. The standard InChI is InChI=1S/C19H20N4O2/c24-19(16-12-18(25-22-16)14-6-2-1-3-7-14)20-10-11-23-17-9-5-4-8-15(17)13-21-23/h1-3,6-7,12-13H,4-5,8-11H2,(H,20,24). The zero-order chi connectivity index (χ0) is 17.1. The van der Waals surface area contributed by atoms with Crippen LogP contribution in [0.25, 0.3) is 11.3 Å². The third-order valence-electron chi connectivity index (χ3n) is 4.56. The lowest BCUT2D eigenvalue weighted by Crippen LogP contribution is -2.28. The second-order valence-electron chi connectivity index (χ2n) is 6.25. The number of rotatable bonds is 5. The van der Waals surface area contributed by atoms with Crippen LogP contribution >= 0.6 is 0 Å². The van der Waals surface area contributed by atoms with Crippen LogP contribution in [-0.2, 0) is 19.4 Å². The molecule has 0 saturated carbocycles.